The number of hydrogen-bond donors (Lipinski definition) is 1. The Hall–Kier alpha value is -3.98. The van der Waals surface area contributed by atoms with Crippen LogP contribution in [0.1, 0.15) is 38.3 Å². The lowest BCUT2D eigenvalue weighted by Crippen LogP contribution is -2.67. The van der Waals surface area contributed by atoms with Crippen molar-refractivity contribution >= 4 is 11.9 Å². The van der Waals surface area contributed by atoms with Crippen molar-refractivity contribution in [2.75, 3.05) is 27.3 Å². The number of rotatable bonds is 7. The number of nitrogens with one attached hydrogen (secondary N) is 1. The van der Waals surface area contributed by atoms with Gasteiger partial charge in [-0.25, -0.2) is 14.6 Å². The molecule has 1 saturated heterocycles. The number of ether oxygens (including phenoxy) is 3. The first-order valence-corrected chi connectivity index (χ1v) is 14.2. The van der Waals surface area contributed by atoms with Crippen LogP contribution in [0.25, 0.3) is 0 Å². The molecule has 0 unspecified atom stereocenters. The molecule has 5 atom stereocenters. The Kier molecular flexibility index (Phi) is 6.42. The summed E-state index contributed by atoms with van der Waals surface area (Å²) < 4.78 is 18.9. The molecule has 2 heterocycles. The second-order valence-electron chi connectivity index (χ2n) is 11.3. The summed E-state index contributed by atoms with van der Waals surface area (Å²) >= 11 is 0. The van der Waals surface area contributed by atoms with Crippen LogP contribution < -0.4 is 14.9 Å². The average molecular weight is 552 g/mol. The Morgan fingerprint density at radius 1 is 1.00 bits per heavy atom. The van der Waals surface area contributed by atoms with Crippen LogP contribution in [0.15, 0.2) is 84.9 Å². The fourth-order valence-corrected chi connectivity index (χ4v) is 7.30. The lowest BCUT2D eigenvalue weighted by atomic mass is 9.53. The topological polar surface area (TPSA) is 80.3 Å². The van der Waals surface area contributed by atoms with Crippen LogP contribution in [0.4, 0.5) is 0 Å². The summed E-state index contributed by atoms with van der Waals surface area (Å²) in [5, 5.41) is 2.09. The predicted octanol–water partition coefficient (Wildman–Crippen LogP) is 3.97. The van der Waals surface area contributed by atoms with Gasteiger partial charge in [-0.15, -0.1) is 0 Å². The molecule has 210 valence electrons. The zero-order valence-electron chi connectivity index (χ0n) is 23.2. The van der Waals surface area contributed by atoms with E-state index in [2.05, 4.69) is 27.5 Å². The molecule has 0 saturated carbocycles. The Morgan fingerprint density at radius 2 is 1.71 bits per heavy atom. The van der Waals surface area contributed by atoms with E-state index in [4.69, 9.17) is 14.2 Å². The molecule has 2 aliphatic carbocycles. The third-order valence-corrected chi connectivity index (χ3v) is 9.19. The second kappa shape index (κ2) is 10.1. The minimum absolute atomic E-state index is 0.159. The zero-order valence-corrected chi connectivity index (χ0v) is 23.2. The monoisotopic (exact) mass is 551 g/mol. The quantitative estimate of drug-likeness (QED) is 0.205. The van der Waals surface area contributed by atoms with E-state index in [-0.39, 0.29) is 17.9 Å². The summed E-state index contributed by atoms with van der Waals surface area (Å²) in [6.45, 7) is 1.65. The lowest BCUT2D eigenvalue weighted by molar-refractivity contribution is -0.0711. The molecule has 1 fully saturated rings. The van der Waals surface area contributed by atoms with Crippen LogP contribution in [-0.4, -0.2) is 67.4 Å². The largest absolute Gasteiger partial charge is 0.481 e. The molecule has 4 aliphatic rings. The van der Waals surface area contributed by atoms with Gasteiger partial charge in [0.2, 0.25) is 0 Å². The van der Waals surface area contributed by atoms with Crippen molar-refractivity contribution in [3.8, 4) is 11.5 Å². The van der Waals surface area contributed by atoms with Crippen LogP contribution in [0.5, 0.6) is 11.5 Å². The van der Waals surface area contributed by atoms with Gasteiger partial charge in [-0.05, 0) is 61.9 Å². The highest BCUT2D eigenvalue weighted by molar-refractivity contribution is 5.91. The smallest absolute Gasteiger partial charge is 0.343 e. The first-order valence-electron chi connectivity index (χ1n) is 14.2. The van der Waals surface area contributed by atoms with Crippen molar-refractivity contribution in [1.29, 1.82) is 0 Å². The molecule has 0 radical (unpaired) electrons. The summed E-state index contributed by atoms with van der Waals surface area (Å²) in [5.41, 5.74) is 6.10. The highest BCUT2D eigenvalue weighted by Gasteiger charge is 2.65. The summed E-state index contributed by atoms with van der Waals surface area (Å²) in [6, 6.07) is 22.2. The molecule has 0 aromatic heterocycles. The summed E-state index contributed by atoms with van der Waals surface area (Å²) in [7, 11) is 3.98. The number of carbonyl (C=O) groups excluding carboxylic acids is 2. The van der Waals surface area contributed by atoms with Crippen LogP contribution in [0.3, 0.4) is 0 Å². The van der Waals surface area contributed by atoms with Crippen molar-refractivity contribution in [1.82, 2.24) is 15.3 Å². The Bertz CT molecular complexity index is 1510. The number of hydrazine groups is 1. The van der Waals surface area contributed by atoms with Gasteiger partial charge < -0.3 is 14.2 Å². The molecule has 0 amide bonds. The fraction of sp³-hybridized carbons (Fsp3) is 0.333. The molecule has 2 aliphatic heterocycles. The van der Waals surface area contributed by atoms with E-state index in [1.165, 1.54) is 5.56 Å². The third kappa shape index (κ3) is 4.17. The number of hydrogen-bond acceptors (Lipinski definition) is 8. The average Bonchev–Trinajstić information content (AvgIpc) is 3.36. The maximum Gasteiger partial charge on any atom is 0.343 e. The normalized spacial score (nSPS) is 27.2. The van der Waals surface area contributed by atoms with Crippen molar-refractivity contribution in [3.05, 3.63) is 107 Å². The molecule has 1 N–H and O–H groups in total. The van der Waals surface area contributed by atoms with E-state index in [0.29, 0.717) is 22.6 Å². The van der Waals surface area contributed by atoms with Crippen molar-refractivity contribution < 1.29 is 23.8 Å². The van der Waals surface area contributed by atoms with Gasteiger partial charge in [0.1, 0.15) is 6.10 Å². The highest BCUT2D eigenvalue weighted by Crippen LogP contribution is 2.63. The van der Waals surface area contributed by atoms with E-state index in [1.807, 2.05) is 62.6 Å². The number of esters is 2. The second-order valence-corrected chi connectivity index (χ2v) is 11.3. The maximum atomic E-state index is 13.2. The summed E-state index contributed by atoms with van der Waals surface area (Å²) in [5.74, 6) is 0.353. The molecule has 1 spiro atoms. The van der Waals surface area contributed by atoms with Gasteiger partial charge in [0.25, 0.3) is 0 Å². The molecule has 41 heavy (non-hydrogen) atoms. The number of piperidine rings is 1. The highest BCUT2D eigenvalue weighted by atomic mass is 16.6. The third-order valence-electron chi connectivity index (χ3n) is 9.19. The van der Waals surface area contributed by atoms with Crippen LogP contribution >= 0.6 is 0 Å². The van der Waals surface area contributed by atoms with Crippen molar-refractivity contribution in [2.45, 2.75) is 36.5 Å². The minimum Gasteiger partial charge on any atom is -0.481 e. The maximum absolute atomic E-state index is 13.2. The first-order chi connectivity index (χ1) is 20.0. The molecule has 2 bridgehead atoms. The Balaban J connectivity index is 1.29. The Labute approximate surface area is 239 Å². The number of benzene rings is 3. The van der Waals surface area contributed by atoms with Gasteiger partial charge >= 0.3 is 11.9 Å². The summed E-state index contributed by atoms with van der Waals surface area (Å²) in [4.78, 5) is 28.8. The van der Waals surface area contributed by atoms with E-state index in [9.17, 15) is 9.59 Å². The van der Waals surface area contributed by atoms with Crippen LogP contribution in [-0.2, 0) is 16.6 Å². The minimum atomic E-state index is -0.581. The van der Waals surface area contributed by atoms with E-state index >= 15 is 0 Å². The summed E-state index contributed by atoms with van der Waals surface area (Å²) in [6.07, 6.45) is 4.91. The number of likely N-dealkylation sites (tertiary alicyclic amines) is 1. The molecule has 8 nitrogen and oxygen atoms in total. The number of carbonyl (C=O) groups is 2. The number of nitrogens with zero attached hydrogens (tertiary/aromatic N) is 2. The SMILES string of the molecule is CNN(C)CN1CC[C@]23c4c5ccc(OC(=O)c6ccccc6)c4O[C@H]2[C@@H](OC(=O)c2ccccc2)C=C[C@H]3[C@H]1C5. The molecular formula is C33H33N3O5. The van der Waals surface area contributed by atoms with Gasteiger partial charge in [0, 0.05) is 36.5 Å². The van der Waals surface area contributed by atoms with Crippen molar-refractivity contribution in [2.24, 2.45) is 5.92 Å². The van der Waals surface area contributed by atoms with Gasteiger partial charge in [0.15, 0.2) is 17.6 Å². The van der Waals surface area contributed by atoms with Crippen LogP contribution in [0, 0.1) is 5.92 Å². The first kappa shape index (κ1) is 26.0. The van der Waals surface area contributed by atoms with Gasteiger partial charge in [-0.2, -0.15) is 0 Å². The van der Waals surface area contributed by atoms with E-state index < -0.39 is 23.6 Å². The van der Waals surface area contributed by atoms with Crippen molar-refractivity contribution in [3.63, 3.8) is 0 Å². The van der Waals surface area contributed by atoms with E-state index in [1.54, 1.807) is 24.3 Å². The molecule has 3 aromatic carbocycles. The van der Waals surface area contributed by atoms with Crippen LogP contribution in [0.2, 0.25) is 0 Å². The predicted molar refractivity (Wildman–Crippen MR) is 153 cm³/mol. The standard InChI is InChI=1S/C33H33N3O5/c1-34-35(2)20-36-18-17-33-24-14-16-27(40-32(38)22-11-7-4-8-12-22)30(33)41-29-26(15-13-23(28(29)33)19-25(24)36)39-31(37)21-9-5-3-6-10-21/h3-16,24-25,27,30,34H,17-20H2,1-2H3/t24-,25+,27-,30-,33-/m0/s1. The fourth-order valence-electron chi connectivity index (χ4n) is 7.30. The lowest BCUT2D eigenvalue weighted by Gasteiger charge is -2.57. The zero-order chi connectivity index (χ0) is 28.1. The molecular weight excluding hydrogens is 518 g/mol. The Morgan fingerprint density at radius 3 is 2.41 bits per heavy atom. The molecule has 3 aromatic rings. The van der Waals surface area contributed by atoms with Gasteiger partial charge in [-0.3, -0.25) is 10.3 Å². The molecule has 7 rings (SSSR count). The molecule has 8 heteroatoms. The van der Waals surface area contributed by atoms with Gasteiger partial charge in [0.05, 0.1) is 17.8 Å². The van der Waals surface area contributed by atoms with Gasteiger partial charge in [-0.1, -0.05) is 48.5 Å². The van der Waals surface area contributed by atoms with E-state index in [0.717, 1.165) is 31.6 Å².